The fourth-order valence-corrected chi connectivity index (χ4v) is 3.52. The van der Waals surface area contributed by atoms with E-state index in [1.54, 1.807) is 48.2 Å². The normalized spacial score (nSPS) is 19.9. The zero-order valence-electron chi connectivity index (χ0n) is 16.1. The highest BCUT2D eigenvalue weighted by Gasteiger charge is 2.29. The van der Waals surface area contributed by atoms with Gasteiger partial charge in [0.1, 0.15) is 11.5 Å². The molecule has 1 saturated heterocycles. The Morgan fingerprint density at radius 2 is 2.00 bits per heavy atom. The SMILES string of the molecule is C[C@@H]1Oc2ccc(NC(=O)N3CCN(Cc4ccco4)CC3)cc2N(C)C1=O. The van der Waals surface area contributed by atoms with Crippen LogP contribution in [0.5, 0.6) is 5.75 Å². The van der Waals surface area contributed by atoms with E-state index < -0.39 is 6.10 Å². The minimum Gasteiger partial charge on any atom is -0.479 e. The maximum Gasteiger partial charge on any atom is 0.321 e. The maximum atomic E-state index is 12.6. The number of benzene rings is 1. The van der Waals surface area contributed by atoms with Crippen LogP contribution in [-0.2, 0) is 11.3 Å². The molecule has 0 spiro atoms. The first-order valence-electron chi connectivity index (χ1n) is 9.40. The molecule has 0 bridgehead atoms. The Morgan fingerprint density at radius 3 is 2.71 bits per heavy atom. The van der Waals surface area contributed by atoms with E-state index >= 15 is 0 Å². The van der Waals surface area contributed by atoms with Crippen molar-refractivity contribution in [2.24, 2.45) is 0 Å². The van der Waals surface area contributed by atoms with Crippen molar-refractivity contribution >= 4 is 23.3 Å². The van der Waals surface area contributed by atoms with Gasteiger partial charge in [-0.15, -0.1) is 0 Å². The number of amides is 3. The summed E-state index contributed by atoms with van der Waals surface area (Å²) in [6.45, 7) is 5.37. The van der Waals surface area contributed by atoms with E-state index in [0.717, 1.165) is 25.4 Å². The molecule has 2 aliphatic heterocycles. The fourth-order valence-electron chi connectivity index (χ4n) is 3.52. The van der Waals surface area contributed by atoms with Gasteiger partial charge in [-0.05, 0) is 37.3 Å². The van der Waals surface area contributed by atoms with Crippen molar-refractivity contribution in [2.45, 2.75) is 19.6 Å². The molecule has 8 heteroatoms. The second-order valence-corrected chi connectivity index (χ2v) is 7.11. The van der Waals surface area contributed by atoms with Crippen LogP contribution in [0.4, 0.5) is 16.2 Å². The Morgan fingerprint density at radius 1 is 1.21 bits per heavy atom. The van der Waals surface area contributed by atoms with Gasteiger partial charge in [-0.1, -0.05) is 0 Å². The average molecular weight is 384 g/mol. The summed E-state index contributed by atoms with van der Waals surface area (Å²) in [4.78, 5) is 30.4. The zero-order valence-corrected chi connectivity index (χ0v) is 16.1. The quantitative estimate of drug-likeness (QED) is 0.879. The van der Waals surface area contributed by atoms with E-state index in [4.69, 9.17) is 9.15 Å². The minimum absolute atomic E-state index is 0.108. The number of anilines is 2. The van der Waals surface area contributed by atoms with E-state index in [-0.39, 0.29) is 11.9 Å². The first kappa shape index (κ1) is 18.4. The lowest BCUT2D eigenvalue weighted by atomic mass is 10.2. The Kier molecular flexibility index (Phi) is 4.95. The van der Waals surface area contributed by atoms with Crippen LogP contribution in [0.3, 0.4) is 0 Å². The topological polar surface area (TPSA) is 78.3 Å². The molecular formula is C20H24N4O4. The summed E-state index contributed by atoms with van der Waals surface area (Å²) in [6, 6.07) is 9.04. The van der Waals surface area contributed by atoms with Crippen molar-refractivity contribution in [1.82, 2.24) is 9.80 Å². The van der Waals surface area contributed by atoms with Crippen LogP contribution < -0.4 is 15.0 Å². The molecule has 2 aromatic rings. The number of furan rings is 1. The molecule has 1 N–H and O–H groups in total. The highest BCUT2D eigenvalue weighted by molar-refractivity contribution is 6.00. The largest absolute Gasteiger partial charge is 0.479 e. The molecule has 0 saturated carbocycles. The predicted octanol–water partition coefficient (Wildman–Crippen LogP) is 2.37. The molecule has 0 unspecified atom stereocenters. The van der Waals surface area contributed by atoms with E-state index in [9.17, 15) is 9.59 Å². The molecule has 1 aromatic carbocycles. The standard InChI is InChI=1S/C20H24N4O4/c1-14-19(25)22(2)17-12-15(5-6-18(17)28-14)21-20(26)24-9-7-23(8-10-24)13-16-4-3-11-27-16/h3-6,11-12,14H,7-10,13H2,1-2H3,(H,21,26)/t14-/m0/s1. The van der Waals surface area contributed by atoms with Gasteiger partial charge in [-0.2, -0.15) is 0 Å². The number of urea groups is 1. The first-order chi connectivity index (χ1) is 13.5. The third kappa shape index (κ3) is 3.68. The molecule has 1 atom stereocenters. The Bertz CT molecular complexity index is 859. The van der Waals surface area contributed by atoms with E-state index in [2.05, 4.69) is 10.2 Å². The number of likely N-dealkylation sites (N-methyl/N-ethyl adjacent to an activating group) is 1. The number of piperazine rings is 1. The van der Waals surface area contributed by atoms with Gasteiger partial charge in [0, 0.05) is 38.9 Å². The van der Waals surface area contributed by atoms with Crippen molar-refractivity contribution in [2.75, 3.05) is 43.4 Å². The second kappa shape index (κ2) is 7.55. The van der Waals surface area contributed by atoms with Gasteiger partial charge in [0.25, 0.3) is 5.91 Å². The van der Waals surface area contributed by atoms with Crippen molar-refractivity contribution in [1.29, 1.82) is 0 Å². The number of nitrogens with zero attached hydrogens (tertiary/aromatic N) is 3. The van der Waals surface area contributed by atoms with Crippen LogP contribution in [0.2, 0.25) is 0 Å². The molecule has 28 heavy (non-hydrogen) atoms. The number of carbonyl (C=O) groups excluding carboxylic acids is 2. The van der Waals surface area contributed by atoms with Crippen molar-refractivity contribution in [3.8, 4) is 5.75 Å². The molecule has 4 rings (SSSR count). The number of nitrogens with one attached hydrogen (secondary N) is 1. The number of fused-ring (bicyclic) bond motifs is 1. The molecule has 3 heterocycles. The smallest absolute Gasteiger partial charge is 0.321 e. The molecule has 2 aliphatic rings. The van der Waals surface area contributed by atoms with Gasteiger partial charge >= 0.3 is 6.03 Å². The van der Waals surface area contributed by atoms with Crippen LogP contribution >= 0.6 is 0 Å². The Labute approximate surface area is 163 Å². The van der Waals surface area contributed by atoms with Gasteiger partial charge in [0.15, 0.2) is 6.10 Å². The van der Waals surface area contributed by atoms with Gasteiger partial charge in [-0.3, -0.25) is 9.69 Å². The molecule has 0 radical (unpaired) electrons. The van der Waals surface area contributed by atoms with Crippen LogP contribution in [-0.4, -0.2) is 61.1 Å². The van der Waals surface area contributed by atoms with Crippen molar-refractivity contribution in [3.63, 3.8) is 0 Å². The summed E-state index contributed by atoms with van der Waals surface area (Å²) < 4.78 is 11.0. The van der Waals surface area contributed by atoms with Crippen LogP contribution in [0.25, 0.3) is 0 Å². The molecule has 1 aromatic heterocycles. The summed E-state index contributed by atoms with van der Waals surface area (Å²) >= 11 is 0. The summed E-state index contributed by atoms with van der Waals surface area (Å²) in [6.07, 6.45) is 1.17. The highest BCUT2D eigenvalue weighted by atomic mass is 16.5. The number of hydrogen-bond donors (Lipinski definition) is 1. The fraction of sp³-hybridized carbons (Fsp3) is 0.400. The van der Waals surface area contributed by atoms with E-state index in [0.29, 0.717) is 30.2 Å². The lowest BCUT2D eigenvalue weighted by Gasteiger charge is -2.34. The summed E-state index contributed by atoms with van der Waals surface area (Å²) in [5.74, 6) is 1.46. The zero-order chi connectivity index (χ0) is 19.7. The van der Waals surface area contributed by atoms with Gasteiger partial charge in [-0.25, -0.2) is 4.79 Å². The lowest BCUT2D eigenvalue weighted by Crippen LogP contribution is -2.49. The van der Waals surface area contributed by atoms with Crippen molar-refractivity contribution in [3.05, 3.63) is 42.4 Å². The summed E-state index contributed by atoms with van der Waals surface area (Å²) in [5.41, 5.74) is 1.30. The Balaban J connectivity index is 1.35. The monoisotopic (exact) mass is 384 g/mol. The number of hydrogen-bond acceptors (Lipinski definition) is 5. The summed E-state index contributed by atoms with van der Waals surface area (Å²) in [5, 5.41) is 2.93. The lowest BCUT2D eigenvalue weighted by molar-refractivity contribution is -0.125. The average Bonchev–Trinajstić information content (AvgIpc) is 3.20. The molecule has 1 fully saturated rings. The predicted molar refractivity (Wildman–Crippen MR) is 105 cm³/mol. The van der Waals surface area contributed by atoms with Crippen LogP contribution in [0.1, 0.15) is 12.7 Å². The van der Waals surface area contributed by atoms with Gasteiger partial charge in [0.2, 0.25) is 0 Å². The molecule has 0 aliphatic carbocycles. The Hall–Kier alpha value is -3.00. The molecule has 3 amide bonds. The van der Waals surface area contributed by atoms with E-state index in [1.165, 1.54) is 0 Å². The maximum absolute atomic E-state index is 12.6. The van der Waals surface area contributed by atoms with Crippen LogP contribution in [0, 0.1) is 0 Å². The molecular weight excluding hydrogens is 360 g/mol. The number of ether oxygens (including phenoxy) is 1. The molecule has 148 valence electrons. The van der Waals surface area contributed by atoms with Gasteiger partial charge in [0.05, 0.1) is 18.5 Å². The first-order valence-corrected chi connectivity index (χ1v) is 9.40. The minimum atomic E-state index is -0.504. The third-order valence-corrected chi connectivity index (χ3v) is 5.17. The van der Waals surface area contributed by atoms with Crippen LogP contribution in [0.15, 0.2) is 41.0 Å². The second-order valence-electron chi connectivity index (χ2n) is 7.11. The molecule has 8 nitrogen and oxygen atoms in total. The highest BCUT2D eigenvalue weighted by Crippen LogP contribution is 2.35. The number of carbonyl (C=O) groups is 2. The van der Waals surface area contributed by atoms with E-state index in [1.807, 2.05) is 12.1 Å². The third-order valence-electron chi connectivity index (χ3n) is 5.17. The van der Waals surface area contributed by atoms with Gasteiger partial charge < -0.3 is 24.3 Å². The number of rotatable bonds is 3. The summed E-state index contributed by atoms with van der Waals surface area (Å²) in [7, 11) is 1.71. The van der Waals surface area contributed by atoms with Crippen molar-refractivity contribution < 1.29 is 18.7 Å².